The lowest BCUT2D eigenvalue weighted by atomic mass is 10.3. The van der Waals surface area contributed by atoms with Gasteiger partial charge in [-0.05, 0) is 24.6 Å². The number of halogens is 2. The van der Waals surface area contributed by atoms with Gasteiger partial charge in [0.25, 0.3) is 0 Å². The van der Waals surface area contributed by atoms with Gasteiger partial charge >= 0.3 is 5.69 Å². The van der Waals surface area contributed by atoms with Gasteiger partial charge in [-0.1, -0.05) is 41.9 Å². The molecule has 2 rings (SSSR count). The Kier molecular flexibility index (Phi) is 6.02. The standard InChI is InChI=1S/C13H15Cl2N3O2S/c1-2-5-18-12(19)16-17-13(18)21-7-6-20-11-4-3-9(14)8-10(11)15/h3-4,8H,2,5-7H2,1H3,(H,16,19). The summed E-state index contributed by atoms with van der Waals surface area (Å²) in [5.74, 6) is 1.25. The second kappa shape index (κ2) is 7.77. The highest BCUT2D eigenvalue weighted by atomic mass is 35.5. The largest absolute Gasteiger partial charge is 0.491 e. The first-order valence-corrected chi connectivity index (χ1v) is 8.22. The lowest BCUT2D eigenvalue weighted by Crippen LogP contribution is -2.17. The Bertz CT molecular complexity index is 657. The van der Waals surface area contributed by atoms with Crippen molar-refractivity contribution in [2.75, 3.05) is 12.4 Å². The van der Waals surface area contributed by atoms with Crippen molar-refractivity contribution in [2.45, 2.75) is 25.0 Å². The van der Waals surface area contributed by atoms with E-state index in [2.05, 4.69) is 10.2 Å². The van der Waals surface area contributed by atoms with E-state index >= 15 is 0 Å². The third-order valence-electron chi connectivity index (χ3n) is 2.64. The molecule has 1 aromatic heterocycles. The van der Waals surface area contributed by atoms with Crippen molar-refractivity contribution < 1.29 is 4.74 Å². The molecule has 8 heteroatoms. The van der Waals surface area contributed by atoms with Crippen LogP contribution in [0.2, 0.25) is 10.0 Å². The minimum absolute atomic E-state index is 0.180. The summed E-state index contributed by atoms with van der Waals surface area (Å²) >= 11 is 13.3. The molecule has 0 saturated heterocycles. The number of aromatic nitrogens is 3. The molecule has 0 fully saturated rings. The minimum atomic E-state index is -0.180. The van der Waals surface area contributed by atoms with Crippen LogP contribution in [0, 0.1) is 0 Å². The molecule has 0 atom stereocenters. The first-order chi connectivity index (χ1) is 10.1. The predicted molar refractivity (Wildman–Crippen MR) is 85.8 cm³/mol. The van der Waals surface area contributed by atoms with Crippen LogP contribution in [-0.2, 0) is 6.54 Å². The van der Waals surface area contributed by atoms with Gasteiger partial charge in [0.15, 0.2) is 5.16 Å². The van der Waals surface area contributed by atoms with E-state index in [1.165, 1.54) is 11.8 Å². The summed E-state index contributed by atoms with van der Waals surface area (Å²) in [5.41, 5.74) is -0.180. The highest BCUT2D eigenvalue weighted by molar-refractivity contribution is 7.99. The zero-order valence-electron chi connectivity index (χ0n) is 11.4. The van der Waals surface area contributed by atoms with Crippen molar-refractivity contribution in [3.05, 3.63) is 38.7 Å². The van der Waals surface area contributed by atoms with Crippen LogP contribution >= 0.6 is 35.0 Å². The Morgan fingerprint density at radius 3 is 2.95 bits per heavy atom. The molecule has 1 heterocycles. The molecule has 0 radical (unpaired) electrons. The van der Waals surface area contributed by atoms with E-state index in [0.717, 1.165) is 6.42 Å². The first-order valence-electron chi connectivity index (χ1n) is 6.47. The van der Waals surface area contributed by atoms with Crippen LogP contribution < -0.4 is 10.4 Å². The third kappa shape index (κ3) is 4.43. The van der Waals surface area contributed by atoms with Gasteiger partial charge in [0, 0.05) is 17.3 Å². The zero-order valence-corrected chi connectivity index (χ0v) is 13.8. The molecule has 114 valence electrons. The second-order valence-electron chi connectivity index (χ2n) is 4.23. The highest BCUT2D eigenvalue weighted by Gasteiger charge is 2.08. The van der Waals surface area contributed by atoms with Gasteiger partial charge in [-0.3, -0.25) is 4.57 Å². The van der Waals surface area contributed by atoms with Gasteiger partial charge in [0.1, 0.15) is 5.75 Å². The second-order valence-corrected chi connectivity index (χ2v) is 6.14. The maximum atomic E-state index is 11.5. The van der Waals surface area contributed by atoms with Crippen LogP contribution in [0.1, 0.15) is 13.3 Å². The summed E-state index contributed by atoms with van der Waals surface area (Å²) in [5, 5.41) is 8.18. The van der Waals surface area contributed by atoms with Gasteiger partial charge in [-0.2, -0.15) is 0 Å². The molecule has 21 heavy (non-hydrogen) atoms. The molecular formula is C13H15Cl2N3O2S. The molecule has 0 unspecified atom stereocenters. The fraction of sp³-hybridized carbons (Fsp3) is 0.385. The zero-order chi connectivity index (χ0) is 15.2. The third-order valence-corrected chi connectivity index (χ3v) is 4.11. The molecule has 0 bridgehead atoms. The van der Waals surface area contributed by atoms with Gasteiger partial charge in [0.2, 0.25) is 0 Å². The summed E-state index contributed by atoms with van der Waals surface area (Å²) in [6.07, 6.45) is 0.879. The van der Waals surface area contributed by atoms with E-state index in [0.29, 0.717) is 39.9 Å². The normalized spacial score (nSPS) is 10.8. The lowest BCUT2D eigenvalue weighted by molar-refractivity contribution is 0.344. The van der Waals surface area contributed by atoms with E-state index in [4.69, 9.17) is 27.9 Å². The van der Waals surface area contributed by atoms with E-state index in [1.807, 2.05) is 6.92 Å². The van der Waals surface area contributed by atoms with Gasteiger partial charge in [0.05, 0.1) is 11.6 Å². The van der Waals surface area contributed by atoms with Crippen LogP contribution in [0.5, 0.6) is 5.75 Å². The topological polar surface area (TPSA) is 59.9 Å². The molecule has 2 aromatic rings. The van der Waals surface area contributed by atoms with E-state index < -0.39 is 0 Å². The van der Waals surface area contributed by atoms with Crippen LogP contribution in [-0.4, -0.2) is 27.1 Å². The number of rotatable bonds is 7. The lowest BCUT2D eigenvalue weighted by Gasteiger charge is -2.08. The summed E-state index contributed by atoms with van der Waals surface area (Å²) in [7, 11) is 0. The number of hydrogen-bond acceptors (Lipinski definition) is 4. The maximum Gasteiger partial charge on any atom is 0.343 e. The number of H-pyrrole nitrogens is 1. The number of hydrogen-bond donors (Lipinski definition) is 1. The molecule has 0 amide bonds. The molecule has 0 aliphatic rings. The van der Waals surface area contributed by atoms with Crippen LogP contribution in [0.4, 0.5) is 0 Å². The molecule has 0 spiro atoms. The highest BCUT2D eigenvalue weighted by Crippen LogP contribution is 2.27. The van der Waals surface area contributed by atoms with Crippen LogP contribution in [0.25, 0.3) is 0 Å². The van der Waals surface area contributed by atoms with E-state index in [1.54, 1.807) is 22.8 Å². The molecule has 5 nitrogen and oxygen atoms in total. The Hall–Kier alpha value is -1.11. The number of ether oxygens (including phenoxy) is 1. The fourth-order valence-electron chi connectivity index (χ4n) is 1.71. The van der Waals surface area contributed by atoms with Crippen LogP contribution in [0.3, 0.4) is 0 Å². The average Bonchev–Trinajstić information content (AvgIpc) is 2.79. The molecular weight excluding hydrogens is 333 g/mol. The number of nitrogens with zero attached hydrogens (tertiary/aromatic N) is 2. The maximum absolute atomic E-state index is 11.5. The van der Waals surface area contributed by atoms with Crippen LogP contribution in [0.15, 0.2) is 28.2 Å². The SMILES string of the molecule is CCCn1c(SCCOc2ccc(Cl)cc2Cl)n[nH]c1=O. The first kappa shape index (κ1) is 16.3. The van der Waals surface area contributed by atoms with Gasteiger partial charge < -0.3 is 4.74 Å². The monoisotopic (exact) mass is 347 g/mol. The Labute approximate surface area is 136 Å². The van der Waals surface area contributed by atoms with E-state index in [-0.39, 0.29) is 5.69 Å². The summed E-state index contributed by atoms with van der Waals surface area (Å²) in [6, 6.07) is 5.09. The Morgan fingerprint density at radius 2 is 2.24 bits per heavy atom. The molecule has 0 saturated carbocycles. The number of thioether (sulfide) groups is 1. The quantitative estimate of drug-likeness (QED) is 0.615. The van der Waals surface area contributed by atoms with Crippen molar-refractivity contribution >= 4 is 35.0 Å². The molecule has 1 N–H and O–H groups in total. The summed E-state index contributed by atoms with van der Waals surface area (Å²) in [6.45, 7) is 3.13. The van der Waals surface area contributed by atoms with Crippen molar-refractivity contribution in [1.82, 2.24) is 14.8 Å². The summed E-state index contributed by atoms with van der Waals surface area (Å²) in [4.78, 5) is 11.5. The molecule has 0 aliphatic carbocycles. The van der Waals surface area contributed by atoms with Crippen molar-refractivity contribution in [3.8, 4) is 5.75 Å². The fourth-order valence-corrected chi connectivity index (χ4v) is 2.96. The average molecular weight is 348 g/mol. The number of benzene rings is 1. The van der Waals surface area contributed by atoms with Crippen molar-refractivity contribution in [1.29, 1.82) is 0 Å². The van der Waals surface area contributed by atoms with Gasteiger partial charge in [-0.15, -0.1) is 5.10 Å². The predicted octanol–water partition coefficient (Wildman–Crippen LogP) is 3.46. The van der Waals surface area contributed by atoms with E-state index in [9.17, 15) is 4.79 Å². The molecule has 1 aromatic carbocycles. The molecule has 0 aliphatic heterocycles. The smallest absolute Gasteiger partial charge is 0.343 e. The van der Waals surface area contributed by atoms with Crippen molar-refractivity contribution in [3.63, 3.8) is 0 Å². The number of nitrogens with one attached hydrogen (secondary N) is 1. The Morgan fingerprint density at radius 1 is 1.43 bits per heavy atom. The number of aromatic amines is 1. The minimum Gasteiger partial charge on any atom is -0.491 e. The van der Waals surface area contributed by atoms with Crippen molar-refractivity contribution in [2.24, 2.45) is 0 Å². The van der Waals surface area contributed by atoms with Gasteiger partial charge in [-0.25, -0.2) is 9.89 Å². The Balaban J connectivity index is 1.86. The summed E-state index contributed by atoms with van der Waals surface area (Å²) < 4.78 is 7.21.